The van der Waals surface area contributed by atoms with Gasteiger partial charge in [-0.2, -0.15) is 0 Å². The van der Waals surface area contributed by atoms with E-state index in [0.29, 0.717) is 13.0 Å². The van der Waals surface area contributed by atoms with E-state index in [4.69, 9.17) is 16.6 Å². The van der Waals surface area contributed by atoms with Crippen molar-refractivity contribution in [3.05, 3.63) is 0 Å². The molecule has 4 nitrogen and oxygen atoms in total. The number of carbonyl (C=O) groups is 1. The van der Waals surface area contributed by atoms with E-state index in [0.717, 1.165) is 12.8 Å². The molecule has 0 heterocycles. The molecule has 0 aliphatic rings. The summed E-state index contributed by atoms with van der Waals surface area (Å²) in [5, 5.41) is 8.33. The standard InChI is InChI=1S/C6H14N2O2.Ru/c7-4-2-1-3-5(8)6(9)10;/h5H,1-4,7-8H2,(H,9,10);/t5-;/m0./s1. The van der Waals surface area contributed by atoms with Gasteiger partial charge in [-0.25, -0.2) is 0 Å². The quantitative estimate of drug-likeness (QED) is 0.452. The minimum atomic E-state index is -0.933. The summed E-state index contributed by atoms with van der Waals surface area (Å²) < 4.78 is 0. The average Bonchev–Trinajstić information content (AvgIpc) is 1.88. The molecule has 11 heavy (non-hydrogen) atoms. The van der Waals surface area contributed by atoms with Crippen molar-refractivity contribution >= 4 is 5.97 Å². The van der Waals surface area contributed by atoms with Gasteiger partial charge in [0.25, 0.3) is 0 Å². The molecular formula is C6H14N2O2Ru. The molecule has 1 atom stereocenters. The van der Waals surface area contributed by atoms with E-state index in [-0.39, 0.29) is 19.5 Å². The molecule has 0 saturated heterocycles. The minimum absolute atomic E-state index is 0. The van der Waals surface area contributed by atoms with Crippen LogP contribution in [0.15, 0.2) is 0 Å². The van der Waals surface area contributed by atoms with Crippen molar-refractivity contribution in [2.45, 2.75) is 25.3 Å². The Bertz CT molecular complexity index is 111. The Morgan fingerprint density at radius 1 is 1.45 bits per heavy atom. The van der Waals surface area contributed by atoms with Crippen LogP contribution in [0.2, 0.25) is 0 Å². The molecule has 5 heteroatoms. The van der Waals surface area contributed by atoms with Crippen molar-refractivity contribution in [2.75, 3.05) is 6.54 Å². The second kappa shape index (κ2) is 8.11. The number of carboxylic acid groups (broad SMARTS) is 1. The summed E-state index contributed by atoms with van der Waals surface area (Å²) in [6.45, 7) is 0.604. The molecular weight excluding hydrogens is 233 g/mol. The van der Waals surface area contributed by atoms with Crippen LogP contribution >= 0.6 is 0 Å². The smallest absolute Gasteiger partial charge is 0.320 e. The Balaban J connectivity index is 0. The number of carboxylic acids is 1. The van der Waals surface area contributed by atoms with Crippen molar-refractivity contribution < 1.29 is 29.4 Å². The fourth-order valence-corrected chi connectivity index (χ4v) is 0.632. The Morgan fingerprint density at radius 2 is 2.00 bits per heavy atom. The third-order valence-electron chi connectivity index (χ3n) is 1.29. The Kier molecular flexibility index (Phi) is 10.0. The third kappa shape index (κ3) is 7.91. The summed E-state index contributed by atoms with van der Waals surface area (Å²) in [6, 6.07) is -0.716. The van der Waals surface area contributed by atoms with Crippen LogP contribution in [0.25, 0.3) is 0 Å². The van der Waals surface area contributed by atoms with Gasteiger partial charge >= 0.3 is 5.97 Å². The van der Waals surface area contributed by atoms with Crippen molar-refractivity contribution in [3.8, 4) is 0 Å². The van der Waals surface area contributed by atoms with Crippen LogP contribution in [-0.2, 0) is 24.3 Å². The second-order valence-corrected chi connectivity index (χ2v) is 2.23. The van der Waals surface area contributed by atoms with E-state index in [9.17, 15) is 4.79 Å². The van der Waals surface area contributed by atoms with Crippen LogP contribution in [0.3, 0.4) is 0 Å². The Hall–Kier alpha value is 0.0134. The van der Waals surface area contributed by atoms with E-state index >= 15 is 0 Å². The van der Waals surface area contributed by atoms with Gasteiger partial charge in [0.05, 0.1) is 0 Å². The first kappa shape index (κ1) is 13.6. The van der Waals surface area contributed by atoms with E-state index < -0.39 is 12.0 Å². The fraction of sp³-hybridized carbons (Fsp3) is 0.833. The van der Waals surface area contributed by atoms with E-state index in [1.54, 1.807) is 0 Å². The summed E-state index contributed by atoms with van der Waals surface area (Å²) >= 11 is 0. The zero-order chi connectivity index (χ0) is 7.98. The van der Waals surface area contributed by atoms with Gasteiger partial charge < -0.3 is 16.6 Å². The SMILES string of the molecule is NCCCC[C@H](N)C(=O)O.[Ru]. The molecule has 0 fully saturated rings. The summed E-state index contributed by atoms with van der Waals surface area (Å²) in [5.74, 6) is -0.933. The maximum atomic E-state index is 10.1. The molecule has 68 valence electrons. The van der Waals surface area contributed by atoms with Crippen LogP contribution in [0.5, 0.6) is 0 Å². The largest absolute Gasteiger partial charge is 0.480 e. The normalized spacial score (nSPS) is 11.8. The van der Waals surface area contributed by atoms with Crippen molar-refractivity contribution in [3.63, 3.8) is 0 Å². The molecule has 0 amide bonds. The monoisotopic (exact) mass is 248 g/mol. The summed E-state index contributed by atoms with van der Waals surface area (Å²) in [7, 11) is 0. The van der Waals surface area contributed by atoms with Gasteiger partial charge in [0.2, 0.25) is 0 Å². The summed E-state index contributed by atoms with van der Waals surface area (Å²) in [6.07, 6.45) is 2.16. The number of rotatable bonds is 5. The molecule has 0 aliphatic carbocycles. The van der Waals surface area contributed by atoms with E-state index in [1.165, 1.54) is 0 Å². The first-order valence-corrected chi connectivity index (χ1v) is 3.37. The van der Waals surface area contributed by atoms with Crippen LogP contribution in [0, 0.1) is 0 Å². The molecule has 0 unspecified atom stereocenters. The summed E-state index contributed by atoms with van der Waals surface area (Å²) in [4.78, 5) is 10.1. The van der Waals surface area contributed by atoms with Crippen molar-refractivity contribution in [1.82, 2.24) is 0 Å². The molecule has 5 N–H and O–H groups in total. The molecule has 0 rings (SSSR count). The maximum absolute atomic E-state index is 10.1. The van der Waals surface area contributed by atoms with Crippen LogP contribution in [0.1, 0.15) is 19.3 Å². The summed E-state index contributed by atoms with van der Waals surface area (Å²) in [5.41, 5.74) is 10.4. The topological polar surface area (TPSA) is 89.3 Å². The Labute approximate surface area is 79.1 Å². The second-order valence-electron chi connectivity index (χ2n) is 2.23. The molecule has 0 aromatic rings. The number of hydrogen-bond donors (Lipinski definition) is 3. The molecule has 0 saturated carbocycles. The average molecular weight is 247 g/mol. The maximum Gasteiger partial charge on any atom is 0.320 e. The predicted molar refractivity (Wildman–Crippen MR) is 38.5 cm³/mol. The molecule has 0 bridgehead atoms. The van der Waals surface area contributed by atoms with Gasteiger partial charge in [0.1, 0.15) is 6.04 Å². The molecule has 0 aromatic heterocycles. The number of nitrogens with two attached hydrogens (primary N) is 2. The van der Waals surface area contributed by atoms with Gasteiger partial charge in [-0.05, 0) is 19.4 Å². The van der Waals surface area contributed by atoms with Gasteiger partial charge in [-0.15, -0.1) is 0 Å². The van der Waals surface area contributed by atoms with E-state index in [2.05, 4.69) is 0 Å². The van der Waals surface area contributed by atoms with Crippen LogP contribution < -0.4 is 11.5 Å². The zero-order valence-electron chi connectivity index (χ0n) is 6.27. The first-order chi connectivity index (χ1) is 4.68. The van der Waals surface area contributed by atoms with Crippen LogP contribution in [0.4, 0.5) is 0 Å². The van der Waals surface area contributed by atoms with Gasteiger partial charge in [0.15, 0.2) is 0 Å². The number of hydrogen-bond acceptors (Lipinski definition) is 3. The van der Waals surface area contributed by atoms with Gasteiger partial charge in [-0.3, -0.25) is 4.79 Å². The Morgan fingerprint density at radius 3 is 2.36 bits per heavy atom. The fourth-order valence-electron chi connectivity index (χ4n) is 0.632. The first-order valence-electron chi connectivity index (χ1n) is 3.37. The van der Waals surface area contributed by atoms with Crippen molar-refractivity contribution in [1.29, 1.82) is 0 Å². The number of unbranched alkanes of at least 4 members (excludes halogenated alkanes) is 1. The van der Waals surface area contributed by atoms with E-state index in [1.807, 2.05) is 0 Å². The minimum Gasteiger partial charge on any atom is -0.480 e. The van der Waals surface area contributed by atoms with Gasteiger partial charge in [-0.1, -0.05) is 6.42 Å². The zero-order valence-corrected chi connectivity index (χ0v) is 8.01. The molecule has 0 aliphatic heterocycles. The number of aliphatic carboxylic acids is 1. The molecule has 0 aromatic carbocycles. The predicted octanol–water partition coefficient (Wildman–Crippen LogP) is -0.475. The third-order valence-corrected chi connectivity index (χ3v) is 1.29. The molecule has 0 radical (unpaired) electrons. The van der Waals surface area contributed by atoms with Crippen LogP contribution in [-0.4, -0.2) is 23.7 Å². The van der Waals surface area contributed by atoms with Gasteiger partial charge in [0, 0.05) is 19.5 Å². The molecule has 0 spiro atoms. The van der Waals surface area contributed by atoms with Crippen molar-refractivity contribution in [2.24, 2.45) is 11.5 Å².